The first kappa shape index (κ1) is 21.0. The van der Waals surface area contributed by atoms with Crippen LogP contribution in [0.3, 0.4) is 0 Å². The quantitative estimate of drug-likeness (QED) is 0.425. The Morgan fingerprint density at radius 2 is 1.11 bits per heavy atom. The zero-order chi connectivity index (χ0) is 20.0. The summed E-state index contributed by atoms with van der Waals surface area (Å²) in [6, 6.07) is 17.7. The molecule has 2 aromatic carbocycles. The Bertz CT molecular complexity index is 660. The van der Waals surface area contributed by atoms with E-state index >= 15 is 0 Å². The van der Waals surface area contributed by atoms with Crippen LogP contribution >= 0.6 is 0 Å². The number of hydrogen-bond acceptors (Lipinski definition) is 4. The molecule has 0 saturated heterocycles. The summed E-state index contributed by atoms with van der Waals surface area (Å²) >= 11 is 0. The van der Waals surface area contributed by atoms with Crippen LogP contribution in [0.15, 0.2) is 48.5 Å². The highest BCUT2D eigenvalue weighted by Gasteiger charge is 2.35. The van der Waals surface area contributed by atoms with Crippen molar-refractivity contribution in [2.45, 2.75) is 63.2 Å². The van der Waals surface area contributed by atoms with Gasteiger partial charge in [0.1, 0.15) is 0 Å². The van der Waals surface area contributed by atoms with Crippen molar-refractivity contribution in [3.8, 4) is 0 Å². The minimum Gasteiger partial charge on any atom is -0.252 e. The van der Waals surface area contributed by atoms with Crippen LogP contribution in [0.4, 0.5) is 0 Å². The summed E-state index contributed by atoms with van der Waals surface area (Å²) in [6.07, 6.45) is 6.11. The van der Waals surface area contributed by atoms with E-state index in [1.165, 1.54) is 41.5 Å². The number of hydrogen-bond donors (Lipinski definition) is 2. The van der Waals surface area contributed by atoms with Gasteiger partial charge >= 0.3 is 0 Å². The molecule has 0 bridgehead atoms. The van der Waals surface area contributed by atoms with E-state index in [0.29, 0.717) is 13.2 Å². The average molecular weight is 385 g/mol. The van der Waals surface area contributed by atoms with Gasteiger partial charge in [0, 0.05) is 17.3 Å². The molecular formula is C24H32O4. The number of rotatable bonds is 8. The molecule has 1 saturated carbocycles. The van der Waals surface area contributed by atoms with E-state index in [4.69, 9.17) is 10.5 Å². The third-order valence-electron chi connectivity index (χ3n) is 6.42. The van der Waals surface area contributed by atoms with Crippen LogP contribution < -0.4 is 0 Å². The van der Waals surface area contributed by atoms with Crippen LogP contribution in [0.1, 0.15) is 80.0 Å². The average Bonchev–Trinajstić information content (AvgIpc) is 2.75. The number of benzene rings is 2. The third-order valence-corrected chi connectivity index (χ3v) is 6.42. The van der Waals surface area contributed by atoms with E-state index in [1.807, 2.05) is 0 Å². The zero-order valence-electron chi connectivity index (χ0n) is 16.9. The maximum atomic E-state index is 8.72. The van der Waals surface area contributed by atoms with Crippen LogP contribution in [-0.4, -0.2) is 23.7 Å². The largest absolute Gasteiger partial charge is 0.252 e. The van der Waals surface area contributed by atoms with E-state index in [-0.39, 0.29) is 17.3 Å². The van der Waals surface area contributed by atoms with Crippen molar-refractivity contribution in [3.63, 3.8) is 0 Å². The standard InChI is InChI=1S/C24H32O4/c1-18(16-27-25)20-6-10-22(11-7-20)24(14-4-3-5-15-24)23-12-8-21(9-13-23)19(2)17-28-26/h6-13,18-19,25-26H,3-5,14-17H2,1-2H3. The first-order valence-electron chi connectivity index (χ1n) is 10.3. The molecule has 2 unspecified atom stereocenters. The lowest BCUT2D eigenvalue weighted by atomic mass is 9.65. The van der Waals surface area contributed by atoms with Gasteiger partial charge in [-0.15, -0.1) is 0 Å². The summed E-state index contributed by atoms with van der Waals surface area (Å²) in [4.78, 5) is 8.63. The molecule has 0 amide bonds. The molecule has 2 N–H and O–H groups in total. The summed E-state index contributed by atoms with van der Waals surface area (Å²) in [5, 5.41) is 17.4. The highest BCUT2D eigenvalue weighted by Crippen LogP contribution is 2.45. The molecule has 152 valence electrons. The van der Waals surface area contributed by atoms with Crippen LogP contribution in [-0.2, 0) is 15.2 Å². The molecule has 1 aliphatic carbocycles. The van der Waals surface area contributed by atoms with E-state index in [1.54, 1.807) is 0 Å². The fourth-order valence-corrected chi connectivity index (χ4v) is 4.58. The molecule has 4 nitrogen and oxygen atoms in total. The fourth-order valence-electron chi connectivity index (χ4n) is 4.58. The van der Waals surface area contributed by atoms with Crippen molar-refractivity contribution < 1.29 is 20.3 Å². The maximum Gasteiger partial charge on any atom is 0.0885 e. The van der Waals surface area contributed by atoms with Crippen LogP contribution in [0.2, 0.25) is 0 Å². The van der Waals surface area contributed by atoms with Crippen molar-refractivity contribution in [3.05, 3.63) is 70.8 Å². The second kappa shape index (κ2) is 9.66. The van der Waals surface area contributed by atoms with Crippen LogP contribution in [0.5, 0.6) is 0 Å². The predicted molar refractivity (Wildman–Crippen MR) is 111 cm³/mol. The molecule has 2 aromatic rings. The van der Waals surface area contributed by atoms with Crippen molar-refractivity contribution in [2.75, 3.05) is 13.2 Å². The molecule has 0 aromatic heterocycles. The third kappa shape index (κ3) is 4.47. The van der Waals surface area contributed by atoms with E-state index < -0.39 is 0 Å². The van der Waals surface area contributed by atoms with Crippen molar-refractivity contribution in [1.29, 1.82) is 0 Å². The summed E-state index contributed by atoms with van der Waals surface area (Å²) < 4.78 is 0. The first-order chi connectivity index (χ1) is 13.6. The van der Waals surface area contributed by atoms with E-state index in [9.17, 15) is 0 Å². The smallest absolute Gasteiger partial charge is 0.0885 e. The minimum absolute atomic E-state index is 0.0583. The van der Waals surface area contributed by atoms with Gasteiger partial charge in [0.15, 0.2) is 0 Å². The van der Waals surface area contributed by atoms with Gasteiger partial charge in [-0.2, -0.15) is 0 Å². The minimum atomic E-state index is 0.0583. The molecular weight excluding hydrogens is 352 g/mol. The second-order valence-electron chi connectivity index (χ2n) is 8.28. The van der Waals surface area contributed by atoms with Gasteiger partial charge in [-0.3, -0.25) is 10.5 Å². The van der Waals surface area contributed by atoms with Gasteiger partial charge in [-0.05, 0) is 35.1 Å². The summed E-state index contributed by atoms with van der Waals surface area (Å²) in [5.74, 6) is 0.326. The fraction of sp³-hybridized carbons (Fsp3) is 0.500. The molecule has 2 atom stereocenters. The Kier molecular flexibility index (Phi) is 7.24. The molecule has 1 aliphatic rings. The van der Waals surface area contributed by atoms with Crippen molar-refractivity contribution in [1.82, 2.24) is 0 Å². The van der Waals surface area contributed by atoms with Gasteiger partial charge in [-0.25, -0.2) is 9.78 Å². The highest BCUT2D eigenvalue weighted by atomic mass is 17.1. The Hall–Kier alpha value is -1.72. The molecule has 3 rings (SSSR count). The highest BCUT2D eigenvalue weighted by molar-refractivity contribution is 5.42. The molecule has 0 aliphatic heterocycles. The van der Waals surface area contributed by atoms with Gasteiger partial charge in [0.05, 0.1) is 13.2 Å². The summed E-state index contributed by atoms with van der Waals surface area (Å²) in [6.45, 7) is 4.72. The Morgan fingerprint density at radius 3 is 1.46 bits per heavy atom. The lowest BCUT2D eigenvalue weighted by Gasteiger charge is -2.39. The predicted octanol–water partition coefficient (Wildman–Crippen LogP) is 6.12. The Morgan fingerprint density at radius 1 is 0.714 bits per heavy atom. The normalized spacial score (nSPS) is 18.6. The van der Waals surface area contributed by atoms with Crippen molar-refractivity contribution in [2.24, 2.45) is 0 Å². The second-order valence-corrected chi connectivity index (χ2v) is 8.28. The Balaban J connectivity index is 1.90. The van der Waals surface area contributed by atoms with E-state index in [0.717, 1.165) is 12.8 Å². The van der Waals surface area contributed by atoms with Crippen LogP contribution in [0, 0.1) is 0 Å². The summed E-state index contributed by atoms with van der Waals surface area (Å²) in [7, 11) is 0. The van der Waals surface area contributed by atoms with Crippen LogP contribution in [0.25, 0.3) is 0 Å². The van der Waals surface area contributed by atoms with Gasteiger partial charge in [0.25, 0.3) is 0 Å². The molecule has 1 fully saturated rings. The van der Waals surface area contributed by atoms with Gasteiger partial charge in [-0.1, -0.05) is 81.6 Å². The van der Waals surface area contributed by atoms with E-state index in [2.05, 4.69) is 72.2 Å². The van der Waals surface area contributed by atoms with Crippen molar-refractivity contribution >= 4 is 0 Å². The zero-order valence-corrected chi connectivity index (χ0v) is 16.9. The first-order valence-corrected chi connectivity index (χ1v) is 10.3. The summed E-state index contributed by atoms with van der Waals surface area (Å²) in [5.41, 5.74) is 5.15. The molecule has 4 heteroatoms. The lowest BCUT2D eigenvalue weighted by Crippen LogP contribution is -2.30. The maximum absolute atomic E-state index is 8.72. The molecule has 28 heavy (non-hydrogen) atoms. The molecule has 0 radical (unpaired) electrons. The SMILES string of the molecule is CC(COO)c1ccc(C2(c3ccc(C(C)COO)cc3)CCCCC2)cc1. The molecule has 0 heterocycles. The van der Waals surface area contributed by atoms with Gasteiger partial charge in [0.2, 0.25) is 0 Å². The molecule has 0 spiro atoms. The van der Waals surface area contributed by atoms with Gasteiger partial charge < -0.3 is 0 Å². The Labute approximate surface area is 168 Å². The lowest BCUT2D eigenvalue weighted by molar-refractivity contribution is -0.245. The topological polar surface area (TPSA) is 58.9 Å². The monoisotopic (exact) mass is 384 g/mol.